The fourth-order valence-corrected chi connectivity index (χ4v) is 4.49. The van der Waals surface area contributed by atoms with Crippen LogP contribution in [0, 0.1) is 11.8 Å². The SMILES string of the molecule is CC1CCC(NC(=O)CCc2nc(-c3ccc(N4CCC(C)CC4)cc3)no2)CC1. The maximum Gasteiger partial charge on any atom is 0.227 e. The van der Waals surface area contributed by atoms with Crippen molar-refractivity contribution in [3.05, 3.63) is 30.2 Å². The Balaban J connectivity index is 1.27. The molecule has 30 heavy (non-hydrogen) atoms. The smallest absolute Gasteiger partial charge is 0.227 e. The Kier molecular flexibility index (Phi) is 6.70. The van der Waals surface area contributed by atoms with Gasteiger partial charge in [-0.3, -0.25) is 4.79 Å². The monoisotopic (exact) mass is 410 g/mol. The van der Waals surface area contributed by atoms with Gasteiger partial charge in [0, 0.05) is 43.2 Å². The predicted octanol–water partition coefficient (Wildman–Crippen LogP) is 4.60. The number of amides is 1. The van der Waals surface area contributed by atoms with Crippen LogP contribution in [0.4, 0.5) is 5.69 Å². The van der Waals surface area contributed by atoms with Gasteiger partial charge in [0.15, 0.2) is 0 Å². The maximum atomic E-state index is 12.2. The molecule has 2 aromatic rings. The quantitative estimate of drug-likeness (QED) is 0.753. The zero-order chi connectivity index (χ0) is 20.9. The van der Waals surface area contributed by atoms with Crippen LogP contribution in [0.5, 0.6) is 0 Å². The molecule has 1 aliphatic heterocycles. The average Bonchev–Trinajstić information content (AvgIpc) is 3.24. The highest BCUT2D eigenvalue weighted by Gasteiger charge is 2.20. The normalized spacial score (nSPS) is 22.8. The van der Waals surface area contributed by atoms with E-state index in [9.17, 15) is 4.79 Å². The van der Waals surface area contributed by atoms with E-state index in [-0.39, 0.29) is 5.91 Å². The molecule has 1 amide bonds. The van der Waals surface area contributed by atoms with E-state index >= 15 is 0 Å². The second-order valence-electron chi connectivity index (χ2n) is 9.25. The highest BCUT2D eigenvalue weighted by molar-refractivity contribution is 5.76. The van der Waals surface area contributed by atoms with Crippen LogP contribution < -0.4 is 10.2 Å². The predicted molar refractivity (Wildman–Crippen MR) is 118 cm³/mol. The van der Waals surface area contributed by atoms with E-state index in [1.54, 1.807) is 0 Å². The van der Waals surface area contributed by atoms with E-state index < -0.39 is 0 Å². The number of nitrogens with one attached hydrogen (secondary N) is 1. The zero-order valence-corrected chi connectivity index (χ0v) is 18.3. The number of hydrogen-bond acceptors (Lipinski definition) is 5. The lowest BCUT2D eigenvalue weighted by molar-refractivity contribution is -0.122. The first-order valence-electron chi connectivity index (χ1n) is 11.5. The third-order valence-corrected chi connectivity index (χ3v) is 6.69. The standard InChI is InChI=1S/C24H34N4O2/c1-17-3-7-20(8-4-17)25-22(29)11-12-23-26-24(27-30-23)19-5-9-21(10-6-19)28-15-13-18(2)14-16-28/h5-6,9-10,17-18,20H,3-4,7-8,11-16H2,1-2H3,(H,25,29). The molecule has 2 fully saturated rings. The molecule has 1 N–H and O–H groups in total. The molecule has 2 heterocycles. The van der Waals surface area contributed by atoms with Gasteiger partial charge in [-0.25, -0.2) is 0 Å². The summed E-state index contributed by atoms with van der Waals surface area (Å²) >= 11 is 0. The molecule has 2 aliphatic rings. The van der Waals surface area contributed by atoms with Crippen LogP contribution in [0.1, 0.15) is 64.7 Å². The van der Waals surface area contributed by atoms with E-state index in [4.69, 9.17) is 4.52 Å². The molecule has 1 saturated carbocycles. The summed E-state index contributed by atoms with van der Waals surface area (Å²) in [6.45, 7) is 6.85. The summed E-state index contributed by atoms with van der Waals surface area (Å²) in [5.41, 5.74) is 2.20. The van der Waals surface area contributed by atoms with Crippen molar-refractivity contribution in [1.29, 1.82) is 0 Å². The molecule has 0 unspecified atom stereocenters. The number of carbonyl (C=O) groups excluding carboxylic acids is 1. The average molecular weight is 411 g/mol. The maximum absolute atomic E-state index is 12.2. The molecule has 6 heteroatoms. The number of aromatic nitrogens is 2. The Hall–Kier alpha value is -2.37. The number of aryl methyl sites for hydroxylation is 1. The molecule has 0 bridgehead atoms. The van der Waals surface area contributed by atoms with E-state index in [1.807, 2.05) is 0 Å². The topological polar surface area (TPSA) is 71.3 Å². The van der Waals surface area contributed by atoms with Crippen LogP contribution >= 0.6 is 0 Å². The van der Waals surface area contributed by atoms with Crippen molar-refractivity contribution in [2.24, 2.45) is 11.8 Å². The molecular weight excluding hydrogens is 376 g/mol. The number of rotatable bonds is 6. The minimum Gasteiger partial charge on any atom is -0.372 e. The summed E-state index contributed by atoms with van der Waals surface area (Å²) in [5, 5.41) is 7.26. The van der Waals surface area contributed by atoms with Gasteiger partial charge in [-0.05, 0) is 74.6 Å². The number of nitrogens with zero attached hydrogens (tertiary/aromatic N) is 3. The van der Waals surface area contributed by atoms with Gasteiger partial charge in [-0.1, -0.05) is 19.0 Å². The Morgan fingerprint density at radius 2 is 1.70 bits per heavy atom. The second-order valence-corrected chi connectivity index (χ2v) is 9.25. The van der Waals surface area contributed by atoms with E-state index in [0.29, 0.717) is 30.6 Å². The highest BCUT2D eigenvalue weighted by Crippen LogP contribution is 2.26. The van der Waals surface area contributed by atoms with Crippen LogP contribution in [0.25, 0.3) is 11.4 Å². The number of anilines is 1. The lowest BCUT2D eigenvalue weighted by Crippen LogP contribution is -2.37. The summed E-state index contributed by atoms with van der Waals surface area (Å²) in [6, 6.07) is 8.71. The molecule has 162 valence electrons. The van der Waals surface area contributed by atoms with Crippen LogP contribution in [-0.2, 0) is 11.2 Å². The summed E-state index contributed by atoms with van der Waals surface area (Å²) in [7, 11) is 0. The third-order valence-electron chi connectivity index (χ3n) is 6.69. The van der Waals surface area contributed by atoms with Crippen molar-refractivity contribution in [3.63, 3.8) is 0 Å². The van der Waals surface area contributed by atoms with Crippen LogP contribution in [0.2, 0.25) is 0 Å². The van der Waals surface area contributed by atoms with Crippen LogP contribution in [-0.4, -0.2) is 35.2 Å². The third kappa shape index (κ3) is 5.41. The zero-order valence-electron chi connectivity index (χ0n) is 18.3. The van der Waals surface area contributed by atoms with Gasteiger partial charge >= 0.3 is 0 Å². The number of piperidine rings is 1. The van der Waals surface area contributed by atoms with Crippen molar-refractivity contribution in [2.75, 3.05) is 18.0 Å². The number of carbonyl (C=O) groups is 1. The molecule has 0 atom stereocenters. The molecule has 1 aromatic heterocycles. The van der Waals surface area contributed by atoms with E-state index in [2.05, 4.69) is 58.5 Å². The fraction of sp³-hybridized carbons (Fsp3) is 0.625. The van der Waals surface area contributed by atoms with Gasteiger partial charge in [0.05, 0.1) is 0 Å². The minimum atomic E-state index is 0.0782. The molecule has 0 radical (unpaired) electrons. The van der Waals surface area contributed by atoms with Gasteiger partial charge in [0.25, 0.3) is 0 Å². The largest absolute Gasteiger partial charge is 0.372 e. The molecular formula is C24H34N4O2. The van der Waals surface area contributed by atoms with Crippen LogP contribution in [0.3, 0.4) is 0 Å². The Morgan fingerprint density at radius 3 is 2.40 bits per heavy atom. The Labute approximate surface area is 179 Å². The highest BCUT2D eigenvalue weighted by atomic mass is 16.5. The lowest BCUT2D eigenvalue weighted by atomic mass is 9.87. The van der Waals surface area contributed by atoms with Gasteiger partial charge in [-0.2, -0.15) is 4.98 Å². The second kappa shape index (κ2) is 9.63. The van der Waals surface area contributed by atoms with Crippen molar-refractivity contribution in [1.82, 2.24) is 15.5 Å². The van der Waals surface area contributed by atoms with Gasteiger partial charge in [0.1, 0.15) is 0 Å². The molecule has 1 aromatic carbocycles. The number of hydrogen-bond donors (Lipinski definition) is 1. The molecule has 4 rings (SSSR count). The lowest BCUT2D eigenvalue weighted by Gasteiger charge is -2.32. The van der Waals surface area contributed by atoms with Crippen molar-refractivity contribution < 1.29 is 9.32 Å². The summed E-state index contributed by atoms with van der Waals surface area (Å²) in [4.78, 5) is 19.2. The van der Waals surface area contributed by atoms with Gasteiger partial charge < -0.3 is 14.7 Å². The fourth-order valence-electron chi connectivity index (χ4n) is 4.49. The minimum absolute atomic E-state index is 0.0782. The molecule has 1 aliphatic carbocycles. The molecule has 6 nitrogen and oxygen atoms in total. The Bertz CT molecular complexity index is 816. The Morgan fingerprint density at radius 1 is 1.03 bits per heavy atom. The first-order chi connectivity index (χ1) is 14.6. The van der Waals surface area contributed by atoms with Crippen molar-refractivity contribution >= 4 is 11.6 Å². The summed E-state index contributed by atoms with van der Waals surface area (Å²) < 4.78 is 5.38. The first kappa shape index (κ1) is 20.9. The summed E-state index contributed by atoms with van der Waals surface area (Å²) in [6.07, 6.45) is 7.95. The van der Waals surface area contributed by atoms with Gasteiger partial charge in [-0.15, -0.1) is 0 Å². The van der Waals surface area contributed by atoms with Gasteiger partial charge in [0.2, 0.25) is 17.6 Å². The van der Waals surface area contributed by atoms with Crippen molar-refractivity contribution in [2.45, 2.75) is 71.3 Å². The molecule has 0 spiro atoms. The first-order valence-corrected chi connectivity index (χ1v) is 11.5. The van der Waals surface area contributed by atoms with E-state index in [0.717, 1.165) is 43.3 Å². The molecule has 1 saturated heterocycles. The van der Waals surface area contributed by atoms with Crippen LogP contribution in [0.15, 0.2) is 28.8 Å². The van der Waals surface area contributed by atoms with Crippen molar-refractivity contribution in [3.8, 4) is 11.4 Å². The van der Waals surface area contributed by atoms with E-state index in [1.165, 1.54) is 31.4 Å². The number of benzene rings is 1. The summed E-state index contributed by atoms with van der Waals surface area (Å²) in [5.74, 6) is 2.80.